The number of hydrogen-bond donors (Lipinski definition) is 1. The fraction of sp³-hybridized carbons (Fsp3) is 0.273. The summed E-state index contributed by atoms with van der Waals surface area (Å²) in [6.45, 7) is 2.72. The monoisotopic (exact) mass is 440 g/mol. The third kappa shape index (κ3) is 5.68. The van der Waals surface area contributed by atoms with Crippen LogP contribution in [0.4, 0.5) is 23.1 Å². The number of nitrogens with one attached hydrogen (secondary N) is 1. The second kappa shape index (κ2) is 9.87. The van der Waals surface area contributed by atoms with Gasteiger partial charge in [0.15, 0.2) is 0 Å². The first kappa shape index (κ1) is 20.6. The van der Waals surface area contributed by atoms with Gasteiger partial charge in [0.2, 0.25) is 0 Å². The number of halogens is 2. The third-order valence-corrected chi connectivity index (χ3v) is 5.28. The van der Waals surface area contributed by atoms with Crippen LogP contribution in [0.15, 0.2) is 64.8 Å². The van der Waals surface area contributed by atoms with Crippen LogP contribution in [0.25, 0.3) is 0 Å². The topological polar surface area (TPSA) is 65.8 Å². The molecule has 0 unspecified atom stereocenters. The summed E-state index contributed by atoms with van der Waals surface area (Å²) in [5, 5.41) is 12.4. The van der Waals surface area contributed by atoms with Gasteiger partial charge >= 0.3 is 0 Å². The normalized spacial score (nSPS) is 14.3. The molecule has 4 rings (SSSR count). The molecule has 2 heterocycles. The number of azo groups is 1. The van der Waals surface area contributed by atoms with Gasteiger partial charge in [-0.3, -0.25) is 0 Å². The largest absolute Gasteiger partial charge is 0.372 e. The number of rotatable bonds is 6. The van der Waals surface area contributed by atoms with Crippen LogP contribution < -0.4 is 10.2 Å². The highest BCUT2D eigenvalue weighted by molar-refractivity contribution is 6.31. The standard InChI is InChI=1S/C22H22Cl2N6/c23-17-5-4-6-18(13-17)26-21-14-20(24)27-22(28-21)29-25-15-16-7-9-19(10-8-16)30-11-2-1-3-12-30/h4-10,13-14H,1-3,11-12,15H2,(H,26,27,28). The van der Waals surface area contributed by atoms with E-state index in [4.69, 9.17) is 23.2 Å². The van der Waals surface area contributed by atoms with Gasteiger partial charge in [0.05, 0.1) is 6.54 Å². The van der Waals surface area contributed by atoms with E-state index in [0.29, 0.717) is 17.4 Å². The number of hydrogen-bond acceptors (Lipinski definition) is 6. The molecule has 1 N–H and O–H groups in total. The van der Waals surface area contributed by atoms with E-state index in [2.05, 4.69) is 54.7 Å². The summed E-state index contributed by atoms with van der Waals surface area (Å²) in [6.07, 6.45) is 3.87. The Morgan fingerprint density at radius 2 is 1.73 bits per heavy atom. The van der Waals surface area contributed by atoms with E-state index >= 15 is 0 Å². The van der Waals surface area contributed by atoms with Crippen LogP contribution in [0, 0.1) is 0 Å². The van der Waals surface area contributed by atoms with Crippen LogP contribution in [0.2, 0.25) is 10.2 Å². The Balaban J connectivity index is 1.39. The van der Waals surface area contributed by atoms with Crippen LogP contribution in [0.5, 0.6) is 0 Å². The predicted octanol–water partition coefficient (Wildman–Crippen LogP) is 6.80. The molecule has 154 valence electrons. The summed E-state index contributed by atoms with van der Waals surface area (Å²) < 4.78 is 0. The molecule has 8 heteroatoms. The Bertz CT molecular complexity index is 1020. The minimum atomic E-state index is 0.206. The molecule has 2 aromatic carbocycles. The summed E-state index contributed by atoms with van der Waals surface area (Å²) in [7, 11) is 0. The molecule has 0 amide bonds. The molecule has 0 atom stereocenters. The second-order valence-corrected chi connectivity index (χ2v) is 7.95. The van der Waals surface area contributed by atoms with E-state index in [1.165, 1.54) is 24.9 Å². The summed E-state index contributed by atoms with van der Waals surface area (Å²) in [5.74, 6) is 0.731. The van der Waals surface area contributed by atoms with Crippen molar-refractivity contribution in [3.05, 3.63) is 70.3 Å². The van der Waals surface area contributed by atoms with Crippen molar-refractivity contribution in [2.75, 3.05) is 23.3 Å². The number of piperidine rings is 1. The first-order valence-corrected chi connectivity index (χ1v) is 10.7. The zero-order valence-electron chi connectivity index (χ0n) is 16.4. The molecular formula is C22H22Cl2N6. The predicted molar refractivity (Wildman–Crippen MR) is 123 cm³/mol. The Hall–Kier alpha value is -2.70. The fourth-order valence-electron chi connectivity index (χ4n) is 3.37. The lowest BCUT2D eigenvalue weighted by Crippen LogP contribution is -2.29. The van der Waals surface area contributed by atoms with E-state index in [-0.39, 0.29) is 11.1 Å². The summed E-state index contributed by atoms with van der Waals surface area (Å²) in [6, 6.07) is 17.5. The Kier molecular flexibility index (Phi) is 6.77. The molecule has 6 nitrogen and oxygen atoms in total. The van der Waals surface area contributed by atoms with Crippen molar-refractivity contribution in [1.82, 2.24) is 9.97 Å². The Morgan fingerprint density at radius 1 is 0.933 bits per heavy atom. The van der Waals surface area contributed by atoms with Crippen LogP contribution in [-0.2, 0) is 6.54 Å². The lowest BCUT2D eigenvalue weighted by molar-refractivity contribution is 0.578. The van der Waals surface area contributed by atoms with Crippen molar-refractivity contribution in [3.8, 4) is 0 Å². The number of anilines is 3. The molecule has 0 saturated carbocycles. The molecule has 3 aromatic rings. The lowest BCUT2D eigenvalue weighted by Gasteiger charge is -2.28. The maximum Gasteiger partial charge on any atom is 0.271 e. The van der Waals surface area contributed by atoms with E-state index < -0.39 is 0 Å². The molecule has 0 radical (unpaired) electrons. The quantitative estimate of drug-likeness (QED) is 0.337. The van der Waals surface area contributed by atoms with Crippen molar-refractivity contribution in [2.24, 2.45) is 10.2 Å². The third-order valence-electron chi connectivity index (χ3n) is 4.85. The van der Waals surface area contributed by atoms with Gasteiger partial charge < -0.3 is 10.2 Å². The van der Waals surface area contributed by atoms with Gasteiger partial charge in [-0.25, -0.2) is 0 Å². The molecule has 1 aromatic heterocycles. The zero-order chi connectivity index (χ0) is 20.8. The van der Waals surface area contributed by atoms with E-state index in [9.17, 15) is 0 Å². The van der Waals surface area contributed by atoms with Crippen LogP contribution in [0.1, 0.15) is 24.8 Å². The van der Waals surface area contributed by atoms with Crippen molar-refractivity contribution in [3.63, 3.8) is 0 Å². The van der Waals surface area contributed by atoms with Gasteiger partial charge in [0, 0.05) is 35.6 Å². The van der Waals surface area contributed by atoms with Gasteiger partial charge in [0.25, 0.3) is 5.95 Å². The van der Waals surface area contributed by atoms with Crippen LogP contribution >= 0.6 is 23.2 Å². The molecule has 0 bridgehead atoms. The zero-order valence-corrected chi connectivity index (χ0v) is 17.9. The summed E-state index contributed by atoms with van der Waals surface area (Å²) >= 11 is 12.1. The second-order valence-electron chi connectivity index (χ2n) is 7.12. The van der Waals surface area contributed by atoms with Crippen molar-refractivity contribution < 1.29 is 0 Å². The maximum absolute atomic E-state index is 6.11. The smallest absolute Gasteiger partial charge is 0.271 e. The van der Waals surface area contributed by atoms with Gasteiger partial charge in [-0.1, -0.05) is 41.4 Å². The summed E-state index contributed by atoms with van der Waals surface area (Å²) in [5.41, 5.74) is 3.15. The highest BCUT2D eigenvalue weighted by atomic mass is 35.5. The molecule has 30 heavy (non-hydrogen) atoms. The van der Waals surface area contributed by atoms with Gasteiger partial charge in [-0.15, -0.1) is 5.11 Å². The molecule has 1 fully saturated rings. The number of benzene rings is 2. The molecule has 0 aliphatic carbocycles. The van der Waals surface area contributed by atoms with Gasteiger partial charge in [0.1, 0.15) is 11.0 Å². The van der Waals surface area contributed by atoms with Crippen LogP contribution in [0.3, 0.4) is 0 Å². The first-order valence-electron chi connectivity index (χ1n) is 9.94. The Labute approximate surface area is 186 Å². The van der Waals surface area contributed by atoms with E-state index in [1.807, 2.05) is 12.1 Å². The highest BCUT2D eigenvalue weighted by Crippen LogP contribution is 2.23. The fourth-order valence-corrected chi connectivity index (χ4v) is 3.74. The number of nitrogens with zero attached hydrogens (tertiary/aromatic N) is 5. The minimum Gasteiger partial charge on any atom is -0.372 e. The molecule has 1 saturated heterocycles. The lowest BCUT2D eigenvalue weighted by atomic mass is 10.1. The Morgan fingerprint density at radius 3 is 2.50 bits per heavy atom. The molecule has 1 aliphatic heterocycles. The average molecular weight is 441 g/mol. The minimum absolute atomic E-state index is 0.206. The SMILES string of the molecule is Clc1cccc(Nc2cc(Cl)nc(N=NCc3ccc(N4CCCCC4)cc3)n2)c1. The van der Waals surface area contributed by atoms with Crippen molar-refractivity contribution >= 4 is 46.3 Å². The average Bonchev–Trinajstić information content (AvgIpc) is 2.74. The summed E-state index contributed by atoms with van der Waals surface area (Å²) in [4.78, 5) is 10.9. The van der Waals surface area contributed by atoms with Crippen LogP contribution in [-0.4, -0.2) is 23.1 Å². The van der Waals surface area contributed by atoms with E-state index in [0.717, 1.165) is 24.3 Å². The highest BCUT2D eigenvalue weighted by Gasteiger charge is 2.10. The van der Waals surface area contributed by atoms with E-state index in [1.54, 1.807) is 18.2 Å². The first-order chi connectivity index (χ1) is 14.7. The molecule has 1 aliphatic rings. The van der Waals surface area contributed by atoms with Gasteiger partial charge in [-0.05, 0) is 55.2 Å². The molecular weight excluding hydrogens is 419 g/mol. The number of aromatic nitrogens is 2. The maximum atomic E-state index is 6.11. The molecule has 0 spiro atoms. The van der Waals surface area contributed by atoms with Gasteiger partial charge in [-0.2, -0.15) is 15.1 Å². The van der Waals surface area contributed by atoms with Crippen molar-refractivity contribution in [2.45, 2.75) is 25.8 Å². The van der Waals surface area contributed by atoms with Crippen molar-refractivity contribution in [1.29, 1.82) is 0 Å².